The first-order valence-corrected chi connectivity index (χ1v) is 3.91. The molecule has 62 valence electrons. The van der Waals surface area contributed by atoms with Crippen molar-refractivity contribution in [1.82, 2.24) is 0 Å². The molecule has 0 aromatic rings. The van der Waals surface area contributed by atoms with Crippen LogP contribution in [0.2, 0.25) is 0 Å². The van der Waals surface area contributed by atoms with Gasteiger partial charge in [0.25, 0.3) is 0 Å². The van der Waals surface area contributed by atoms with Gasteiger partial charge < -0.3 is 4.74 Å². The minimum atomic E-state index is -0.152. The van der Waals surface area contributed by atoms with Crippen LogP contribution in [0, 0.1) is 0 Å². The predicted octanol–water partition coefficient (Wildman–Crippen LogP) is 2.94. The number of hydrogen-bond donors (Lipinski definition) is 0. The molecule has 0 aromatic heterocycles. The molecule has 0 radical (unpaired) electrons. The van der Waals surface area contributed by atoms with Gasteiger partial charge in [0.1, 0.15) is 5.76 Å². The second kappa shape index (κ2) is 3.56. The third-order valence-electron chi connectivity index (χ3n) is 1.95. The van der Waals surface area contributed by atoms with Gasteiger partial charge in [-0.15, -0.1) is 0 Å². The summed E-state index contributed by atoms with van der Waals surface area (Å²) in [7, 11) is 1.50. The van der Waals surface area contributed by atoms with E-state index in [0.29, 0.717) is 5.76 Å². The van der Waals surface area contributed by atoms with Gasteiger partial charge in [-0.25, -0.2) is 4.39 Å². The van der Waals surface area contributed by atoms with Crippen molar-refractivity contribution in [1.29, 1.82) is 0 Å². The molecule has 0 unspecified atom stereocenters. The second-order valence-electron chi connectivity index (χ2n) is 2.58. The maximum absolute atomic E-state index is 13.2. The summed E-state index contributed by atoms with van der Waals surface area (Å²) in [5, 5.41) is 0. The Bertz CT molecular complexity index is 204. The van der Waals surface area contributed by atoms with Crippen LogP contribution in [0.5, 0.6) is 0 Å². The Labute approximate surface area is 66.6 Å². The monoisotopic (exact) mass is 156 g/mol. The molecule has 0 saturated heterocycles. The Morgan fingerprint density at radius 2 is 2.36 bits per heavy atom. The number of methoxy groups -OCH3 is 1. The molecule has 0 fully saturated rings. The van der Waals surface area contributed by atoms with Crippen LogP contribution in [0.3, 0.4) is 0 Å². The highest BCUT2D eigenvalue weighted by molar-refractivity contribution is 5.29. The Balaban J connectivity index is 2.83. The number of hydrogen-bond acceptors (Lipinski definition) is 1. The van der Waals surface area contributed by atoms with Crippen LogP contribution in [-0.4, -0.2) is 7.11 Å². The molecule has 1 aliphatic carbocycles. The Hall–Kier alpha value is -0.790. The number of halogens is 1. The van der Waals surface area contributed by atoms with Gasteiger partial charge in [-0.05, 0) is 30.9 Å². The lowest BCUT2D eigenvalue weighted by Crippen LogP contribution is -1.98. The van der Waals surface area contributed by atoms with Crippen molar-refractivity contribution in [3.05, 3.63) is 23.2 Å². The molecule has 2 heteroatoms. The minimum absolute atomic E-state index is 0.152. The van der Waals surface area contributed by atoms with Crippen LogP contribution in [0.4, 0.5) is 4.39 Å². The van der Waals surface area contributed by atoms with Gasteiger partial charge in [0.05, 0.1) is 7.11 Å². The molecule has 0 aliphatic heterocycles. The van der Waals surface area contributed by atoms with Crippen LogP contribution in [-0.2, 0) is 4.74 Å². The molecule has 0 spiro atoms. The molecular formula is C9H13FO. The average molecular weight is 156 g/mol. The highest BCUT2D eigenvalue weighted by Crippen LogP contribution is 2.28. The lowest BCUT2D eigenvalue weighted by molar-refractivity contribution is 0.276. The topological polar surface area (TPSA) is 9.23 Å². The lowest BCUT2D eigenvalue weighted by atomic mass is 10.0. The molecule has 0 amide bonds. The van der Waals surface area contributed by atoms with E-state index in [1.807, 2.05) is 6.92 Å². The van der Waals surface area contributed by atoms with Gasteiger partial charge in [-0.3, -0.25) is 0 Å². The van der Waals surface area contributed by atoms with Gasteiger partial charge >= 0.3 is 0 Å². The molecule has 0 atom stereocenters. The van der Waals surface area contributed by atoms with Crippen molar-refractivity contribution in [2.45, 2.75) is 26.2 Å². The predicted molar refractivity (Wildman–Crippen MR) is 42.8 cm³/mol. The molecule has 0 saturated carbocycles. The van der Waals surface area contributed by atoms with Crippen molar-refractivity contribution < 1.29 is 9.13 Å². The summed E-state index contributed by atoms with van der Waals surface area (Å²) in [6.07, 6.45) is 4.33. The molecule has 1 rings (SSSR count). The first-order chi connectivity index (χ1) is 5.29. The van der Waals surface area contributed by atoms with Crippen LogP contribution in [0.1, 0.15) is 26.2 Å². The van der Waals surface area contributed by atoms with E-state index < -0.39 is 0 Å². The van der Waals surface area contributed by atoms with Crippen LogP contribution < -0.4 is 0 Å². The van der Waals surface area contributed by atoms with Crippen molar-refractivity contribution in [3.8, 4) is 0 Å². The number of rotatable bonds is 2. The van der Waals surface area contributed by atoms with Gasteiger partial charge in [0, 0.05) is 0 Å². The first kappa shape index (κ1) is 8.31. The zero-order valence-corrected chi connectivity index (χ0v) is 6.98. The fourth-order valence-electron chi connectivity index (χ4n) is 1.26. The van der Waals surface area contributed by atoms with Crippen molar-refractivity contribution in [2.24, 2.45) is 0 Å². The third kappa shape index (κ3) is 1.62. The van der Waals surface area contributed by atoms with Crippen molar-refractivity contribution in [3.63, 3.8) is 0 Å². The third-order valence-corrected chi connectivity index (χ3v) is 1.95. The summed E-state index contributed by atoms with van der Waals surface area (Å²) >= 11 is 0. The van der Waals surface area contributed by atoms with Crippen LogP contribution in [0.15, 0.2) is 23.2 Å². The Kier molecular flexibility index (Phi) is 2.69. The maximum Gasteiger partial charge on any atom is 0.163 e. The van der Waals surface area contributed by atoms with E-state index in [-0.39, 0.29) is 5.83 Å². The molecule has 1 nitrogen and oxygen atoms in total. The summed E-state index contributed by atoms with van der Waals surface area (Å²) in [6, 6.07) is 0. The Morgan fingerprint density at radius 3 is 2.91 bits per heavy atom. The van der Waals surface area contributed by atoms with E-state index in [4.69, 9.17) is 4.74 Å². The highest BCUT2D eigenvalue weighted by atomic mass is 19.1. The van der Waals surface area contributed by atoms with E-state index in [0.717, 1.165) is 24.8 Å². The smallest absolute Gasteiger partial charge is 0.163 e. The summed E-state index contributed by atoms with van der Waals surface area (Å²) < 4.78 is 18.1. The molecular weight excluding hydrogens is 143 g/mol. The van der Waals surface area contributed by atoms with E-state index in [1.165, 1.54) is 7.11 Å². The van der Waals surface area contributed by atoms with E-state index in [9.17, 15) is 4.39 Å². The number of ether oxygens (including phenoxy) is 1. The quantitative estimate of drug-likeness (QED) is 0.597. The van der Waals surface area contributed by atoms with E-state index >= 15 is 0 Å². The van der Waals surface area contributed by atoms with E-state index in [1.54, 1.807) is 6.08 Å². The second-order valence-corrected chi connectivity index (χ2v) is 2.58. The SMILES string of the molecule is CCC1=C(F)C(OC)=CCC1. The Morgan fingerprint density at radius 1 is 1.64 bits per heavy atom. The molecule has 0 aromatic carbocycles. The molecule has 11 heavy (non-hydrogen) atoms. The maximum atomic E-state index is 13.2. The first-order valence-electron chi connectivity index (χ1n) is 3.91. The van der Waals surface area contributed by atoms with Gasteiger partial charge in [0.2, 0.25) is 0 Å². The van der Waals surface area contributed by atoms with Gasteiger partial charge in [-0.2, -0.15) is 0 Å². The van der Waals surface area contributed by atoms with Crippen molar-refractivity contribution in [2.75, 3.05) is 7.11 Å². The fraction of sp³-hybridized carbons (Fsp3) is 0.556. The van der Waals surface area contributed by atoms with Crippen molar-refractivity contribution >= 4 is 0 Å². The van der Waals surface area contributed by atoms with E-state index in [2.05, 4.69) is 0 Å². The minimum Gasteiger partial charge on any atom is -0.494 e. The summed E-state index contributed by atoms with van der Waals surface area (Å²) in [6.45, 7) is 1.97. The fourth-order valence-corrected chi connectivity index (χ4v) is 1.26. The van der Waals surface area contributed by atoms with Gasteiger partial charge in [0.15, 0.2) is 5.83 Å². The molecule has 0 bridgehead atoms. The summed E-state index contributed by atoms with van der Waals surface area (Å²) in [5.74, 6) is 0.259. The zero-order chi connectivity index (χ0) is 8.27. The molecule has 1 aliphatic rings. The lowest BCUT2D eigenvalue weighted by Gasteiger charge is -2.13. The number of allylic oxidation sites excluding steroid dienone is 3. The average Bonchev–Trinajstić information content (AvgIpc) is 2.05. The zero-order valence-electron chi connectivity index (χ0n) is 6.98. The van der Waals surface area contributed by atoms with Gasteiger partial charge in [-0.1, -0.05) is 6.92 Å². The van der Waals surface area contributed by atoms with Crippen LogP contribution >= 0.6 is 0 Å². The summed E-state index contributed by atoms with van der Waals surface area (Å²) in [5.41, 5.74) is 0.879. The molecule has 0 N–H and O–H groups in total. The van der Waals surface area contributed by atoms with Crippen LogP contribution in [0.25, 0.3) is 0 Å². The largest absolute Gasteiger partial charge is 0.494 e. The highest BCUT2D eigenvalue weighted by Gasteiger charge is 2.14. The molecule has 0 heterocycles. The summed E-state index contributed by atoms with van der Waals surface area (Å²) in [4.78, 5) is 0. The standard InChI is InChI=1S/C9H13FO/c1-3-7-5-4-6-8(11-2)9(7)10/h6H,3-5H2,1-2H3. The normalized spacial score (nSPS) is 18.3.